The zero-order chi connectivity index (χ0) is 13.0. The second-order valence-electron chi connectivity index (χ2n) is 4.18. The largest absolute Gasteiger partial charge is 0.497 e. The molecule has 0 fully saturated rings. The minimum atomic E-state index is -0.977. The number of ether oxygens (including phenoxy) is 1. The van der Waals surface area contributed by atoms with Crippen LogP contribution in [0, 0.1) is 0 Å². The van der Waals surface area contributed by atoms with Crippen molar-refractivity contribution in [2.75, 3.05) is 7.11 Å². The Bertz CT molecular complexity index is 496. The highest BCUT2D eigenvalue weighted by molar-refractivity contribution is 5.37. The summed E-state index contributed by atoms with van der Waals surface area (Å²) in [4.78, 5) is 3.98. The maximum atomic E-state index is 10.9. The van der Waals surface area contributed by atoms with Gasteiger partial charge in [0.25, 0.3) is 0 Å². The van der Waals surface area contributed by atoms with Gasteiger partial charge >= 0.3 is 0 Å². The fourth-order valence-electron chi connectivity index (χ4n) is 2.07. The molecule has 94 valence electrons. The van der Waals surface area contributed by atoms with E-state index in [1.54, 1.807) is 19.5 Å². The van der Waals surface area contributed by atoms with E-state index in [-0.39, 0.29) is 0 Å². The van der Waals surface area contributed by atoms with E-state index in [1.807, 2.05) is 43.3 Å². The van der Waals surface area contributed by atoms with Crippen molar-refractivity contribution in [3.05, 3.63) is 59.9 Å². The van der Waals surface area contributed by atoms with Gasteiger partial charge in [0.2, 0.25) is 0 Å². The first-order chi connectivity index (χ1) is 8.70. The van der Waals surface area contributed by atoms with Crippen molar-refractivity contribution < 1.29 is 9.84 Å². The standard InChI is InChI=1S/C15H17NO2/c1-3-15(17,13-8-10-16-11-9-13)12-4-6-14(18-2)7-5-12/h4-11,17H,3H2,1-2H3/t15-/m1/s1. The molecule has 0 saturated carbocycles. The van der Waals surface area contributed by atoms with E-state index in [1.165, 1.54) is 0 Å². The second kappa shape index (κ2) is 5.19. The van der Waals surface area contributed by atoms with Gasteiger partial charge in [-0.2, -0.15) is 0 Å². The quantitative estimate of drug-likeness (QED) is 0.897. The first-order valence-electron chi connectivity index (χ1n) is 5.98. The Labute approximate surface area is 107 Å². The molecule has 0 aliphatic rings. The van der Waals surface area contributed by atoms with Crippen LogP contribution in [0.5, 0.6) is 5.75 Å². The number of rotatable bonds is 4. The molecule has 2 aromatic rings. The molecule has 0 unspecified atom stereocenters. The highest BCUT2D eigenvalue weighted by Crippen LogP contribution is 2.33. The molecule has 2 rings (SSSR count). The van der Waals surface area contributed by atoms with Gasteiger partial charge in [-0.15, -0.1) is 0 Å². The predicted octanol–water partition coefficient (Wildman–Crippen LogP) is 2.74. The maximum absolute atomic E-state index is 10.9. The van der Waals surface area contributed by atoms with E-state index in [0.29, 0.717) is 6.42 Å². The summed E-state index contributed by atoms with van der Waals surface area (Å²) in [5.74, 6) is 0.784. The third-order valence-corrected chi connectivity index (χ3v) is 3.24. The Hall–Kier alpha value is -1.87. The van der Waals surface area contributed by atoms with Crippen LogP contribution in [0.3, 0.4) is 0 Å². The number of aliphatic hydroxyl groups is 1. The molecule has 1 aromatic heterocycles. The first kappa shape index (κ1) is 12.6. The third kappa shape index (κ3) is 2.22. The van der Waals surface area contributed by atoms with Crippen molar-refractivity contribution in [2.24, 2.45) is 0 Å². The minimum Gasteiger partial charge on any atom is -0.497 e. The fraction of sp³-hybridized carbons (Fsp3) is 0.267. The molecule has 1 atom stereocenters. The van der Waals surface area contributed by atoms with Crippen LogP contribution in [0.4, 0.5) is 0 Å². The van der Waals surface area contributed by atoms with Gasteiger partial charge in [-0.25, -0.2) is 0 Å². The number of benzene rings is 1. The molecule has 0 bridgehead atoms. The van der Waals surface area contributed by atoms with Gasteiger partial charge in [0.15, 0.2) is 0 Å². The van der Waals surface area contributed by atoms with Crippen molar-refractivity contribution in [3.63, 3.8) is 0 Å². The normalized spacial score (nSPS) is 13.9. The van der Waals surface area contributed by atoms with E-state index < -0.39 is 5.60 Å². The Morgan fingerprint density at radius 2 is 1.61 bits per heavy atom. The topological polar surface area (TPSA) is 42.4 Å². The van der Waals surface area contributed by atoms with Crippen LogP contribution in [0.1, 0.15) is 24.5 Å². The number of nitrogens with zero attached hydrogens (tertiary/aromatic N) is 1. The van der Waals surface area contributed by atoms with Crippen molar-refractivity contribution >= 4 is 0 Å². The molecular formula is C15H17NO2. The lowest BCUT2D eigenvalue weighted by atomic mass is 9.85. The van der Waals surface area contributed by atoms with Gasteiger partial charge in [0.05, 0.1) is 7.11 Å². The van der Waals surface area contributed by atoms with Crippen LogP contribution in [-0.2, 0) is 5.60 Å². The van der Waals surface area contributed by atoms with Gasteiger partial charge < -0.3 is 9.84 Å². The molecule has 3 nitrogen and oxygen atoms in total. The van der Waals surface area contributed by atoms with Crippen molar-refractivity contribution in [1.29, 1.82) is 0 Å². The average Bonchev–Trinajstić information content (AvgIpc) is 2.47. The summed E-state index contributed by atoms with van der Waals surface area (Å²) < 4.78 is 5.13. The zero-order valence-electron chi connectivity index (χ0n) is 10.6. The zero-order valence-corrected chi connectivity index (χ0v) is 10.6. The SMILES string of the molecule is CC[C@](O)(c1ccncc1)c1ccc(OC)cc1. The number of hydrogen-bond acceptors (Lipinski definition) is 3. The molecular weight excluding hydrogens is 226 g/mol. The summed E-state index contributed by atoms with van der Waals surface area (Å²) in [6, 6.07) is 11.2. The van der Waals surface area contributed by atoms with E-state index in [2.05, 4.69) is 4.98 Å². The molecule has 18 heavy (non-hydrogen) atoms. The second-order valence-corrected chi connectivity index (χ2v) is 4.18. The lowest BCUT2D eigenvalue weighted by Crippen LogP contribution is -2.26. The average molecular weight is 243 g/mol. The Morgan fingerprint density at radius 3 is 2.11 bits per heavy atom. The summed E-state index contributed by atoms with van der Waals surface area (Å²) in [5.41, 5.74) is 0.733. The molecule has 1 heterocycles. The van der Waals surface area contributed by atoms with Gasteiger partial charge in [-0.3, -0.25) is 4.98 Å². The monoisotopic (exact) mass is 243 g/mol. The molecule has 0 amide bonds. The van der Waals surface area contributed by atoms with Crippen LogP contribution < -0.4 is 4.74 Å². The Balaban J connectivity index is 2.43. The number of methoxy groups -OCH3 is 1. The van der Waals surface area contributed by atoms with Crippen molar-refractivity contribution in [3.8, 4) is 5.75 Å². The lowest BCUT2D eigenvalue weighted by molar-refractivity contribution is 0.0764. The van der Waals surface area contributed by atoms with Crippen LogP contribution in [0.15, 0.2) is 48.8 Å². The van der Waals surface area contributed by atoms with E-state index in [9.17, 15) is 5.11 Å². The molecule has 0 saturated heterocycles. The summed E-state index contributed by atoms with van der Waals surface area (Å²) in [5, 5.41) is 10.9. The maximum Gasteiger partial charge on any atom is 0.118 e. The van der Waals surface area contributed by atoms with Crippen LogP contribution >= 0.6 is 0 Å². The Morgan fingerprint density at radius 1 is 1.06 bits per heavy atom. The highest BCUT2D eigenvalue weighted by atomic mass is 16.5. The molecule has 0 aliphatic heterocycles. The van der Waals surface area contributed by atoms with Crippen molar-refractivity contribution in [2.45, 2.75) is 18.9 Å². The molecule has 1 aromatic carbocycles. The van der Waals surface area contributed by atoms with Gasteiger partial charge in [0, 0.05) is 12.4 Å². The van der Waals surface area contributed by atoms with Gasteiger partial charge in [-0.05, 0) is 41.8 Å². The molecule has 0 radical (unpaired) electrons. The summed E-state index contributed by atoms with van der Waals surface area (Å²) in [7, 11) is 1.63. The van der Waals surface area contributed by atoms with Crippen LogP contribution in [0.2, 0.25) is 0 Å². The smallest absolute Gasteiger partial charge is 0.118 e. The summed E-state index contributed by atoms with van der Waals surface area (Å²) in [6.07, 6.45) is 3.99. The lowest BCUT2D eigenvalue weighted by Gasteiger charge is -2.28. The number of hydrogen-bond donors (Lipinski definition) is 1. The van der Waals surface area contributed by atoms with Gasteiger partial charge in [0.1, 0.15) is 11.4 Å². The van der Waals surface area contributed by atoms with Crippen LogP contribution in [0.25, 0.3) is 0 Å². The van der Waals surface area contributed by atoms with E-state index in [4.69, 9.17) is 4.74 Å². The molecule has 0 spiro atoms. The first-order valence-corrected chi connectivity index (χ1v) is 5.98. The molecule has 3 heteroatoms. The fourth-order valence-corrected chi connectivity index (χ4v) is 2.07. The highest BCUT2D eigenvalue weighted by Gasteiger charge is 2.29. The summed E-state index contributed by atoms with van der Waals surface area (Å²) >= 11 is 0. The van der Waals surface area contributed by atoms with E-state index >= 15 is 0 Å². The van der Waals surface area contributed by atoms with Crippen LogP contribution in [-0.4, -0.2) is 17.2 Å². The third-order valence-electron chi connectivity index (χ3n) is 3.24. The number of pyridine rings is 1. The molecule has 1 N–H and O–H groups in total. The molecule has 0 aliphatic carbocycles. The predicted molar refractivity (Wildman–Crippen MR) is 70.5 cm³/mol. The summed E-state index contributed by atoms with van der Waals surface area (Å²) in [6.45, 7) is 1.96. The van der Waals surface area contributed by atoms with Gasteiger partial charge in [-0.1, -0.05) is 19.1 Å². The Kier molecular flexibility index (Phi) is 3.63. The van der Waals surface area contributed by atoms with Crippen molar-refractivity contribution in [1.82, 2.24) is 4.98 Å². The number of aromatic nitrogens is 1. The van der Waals surface area contributed by atoms with E-state index in [0.717, 1.165) is 16.9 Å². The minimum absolute atomic E-state index is 0.601.